The molecule has 0 saturated carbocycles. The number of carbonyl (C=O) groups is 1. The van der Waals surface area contributed by atoms with Gasteiger partial charge in [0.25, 0.3) is 11.8 Å². The minimum absolute atomic E-state index is 0.0815. The van der Waals surface area contributed by atoms with Crippen molar-refractivity contribution >= 4 is 5.91 Å². The van der Waals surface area contributed by atoms with Crippen molar-refractivity contribution in [2.45, 2.75) is 19.9 Å². The third-order valence-corrected chi connectivity index (χ3v) is 5.00. The number of nitrogens with zero attached hydrogens (tertiary/aromatic N) is 6. The first kappa shape index (κ1) is 17.3. The van der Waals surface area contributed by atoms with Gasteiger partial charge in [0.05, 0.1) is 0 Å². The number of rotatable bonds is 3. The number of imidazole rings is 1. The number of pyridine rings is 1. The molecule has 5 rings (SSSR count). The zero-order valence-electron chi connectivity index (χ0n) is 15.8. The van der Waals surface area contributed by atoms with Gasteiger partial charge < -0.3 is 9.42 Å². The Labute approximate surface area is 166 Å². The molecule has 8 heteroatoms. The van der Waals surface area contributed by atoms with E-state index < -0.39 is 0 Å². The number of benzene rings is 1. The molecule has 0 saturated heterocycles. The lowest BCUT2D eigenvalue weighted by Crippen LogP contribution is -2.36. The standard InChI is InChI=1S/C21H18N6O2/c1-14-24-20(29-25-14)16-6-8-22-19(10-16)27-12-18(23-13-27)21(28)26-9-7-15-4-2-3-5-17(15)11-26/h2-6,8,10,12-13H,7,9,11H2,1H3. The number of aryl methyl sites for hydroxylation is 1. The van der Waals surface area contributed by atoms with Crippen LogP contribution in [-0.2, 0) is 13.0 Å². The summed E-state index contributed by atoms with van der Waals surface area (Å²) in [4.78, 5) is 27.7. The topological polar surface area (TPSA) is 89.9 Å². The normalized spacial score (nSPS) is 13.3. The Kier molecular flexibility index (Phi) is 4.16. The lowest BCUT2D eigenvalue weighted by Gasteiger charge is -2.28. The van der Waals surface area contributed by atoms with E-state index in [9.17, 15) is 4.79 Å². The van der Waals surface area contributed by atoms with Crippen molar-refractivity contribution in [1.29, 1.82) is 0 Å². The molecule has 1 amide bonds. The van der Waals surface area contributed by atoms with Crippen molar-refractivity contribution < 1.29 is 9.32 Å². The lowest BCUT2D eigenvalue weighted by molar-refractivity contribution is 0.0729. The van der Waals surface area contributed by atoms with Gasteiger partial charge in [-0.1, -0.05) is 29.4 Å². The van der Waals surface area contributed by atoms with Crippen LogP contribution < -0.4 is 0 Å². The molecule has 1 aromatic carbocycles. The van der Waals surface area contributed by atoms with Crippen LogP contribution in [0.2, 0.25) is 0 Å². The fraction of sp³-hybridized carbons (Fsp3) is 0.190. The van der Waals surface area contributed by atoms with Gasteiger partial charge in [-0.25, -0.2) is 9.97 Å². The van der Waals surface area contributed by atoms with Gasteiger partial charge in [0.15, 0.2) is 5.82 Å². The van der Waals surface area contributed by atoms with Gasteiger partial charge in [-0.15, -0.1) is 0 Å². The van der Waals surface area contributed by atoms with Crippen molar-refractivity contribution in [3.8, 4) is 17.3 Å². The maximum atomic E-state index is 12.9. The molecule has 8 nitrogen and oxygen atoms in total. The van der Waals surface area contributed by atoms with E-state index >= 15 is 0 Å². The number of hydrogen-bond acceptors (Lipinski definition) is 6. The summed E-state index contributed by atoms with van der Waals surface area (Å²) in [5, 5.41) is 3.81. The van der Waals surface area contributed by atoms with Crippen LogP contribution in [0.15, 0.2) is 59.6 Å². The second kappa shape index (κ2) is 6.97. The number of fused-ring (bicyclic) bond motifs is 1. The van der Waals surface area contributed by atoms with Crippen molar-refractivity contribution in [2.75, 3.05) is 6.54 Å². The van der Waals surface area contributed by atoms with Crippen LogP contribution in [0, 0.1) is 6.92 Å². The Hall–Kier alpha value is -3.81. The predicted molar refractivity (Wildman–Crippen MR) is 104 cm³/mol. The van der Waals surface area contributed by atoms with E-state index in [1.54, 1.807) is 36.3 Å². The van der Waals surface area contributed by atoms with Crippen LogP contribution in [0.25, 0.3) is 17.3 Å². The quantitative estimate of drug-likeness (QED) is 0.538. The summed E-state index contributed by atoms with van der Waals surface area (Å²) in [7, 11) is 0. The van der Waals surface area contributed by atoms with Crippen LogP contribution >= 0.6 is 0 Å². The summed E-state index contributed by atoms with van der Waals surface area (Å²) in [6.45, 7) is 3.06. The summed E-state index contributed by atoms with van der Waals surface area (Å²) in [6.07, 6.45) is 5.81. The second-order valence-corrected chi connectivity index (χ2v) is 6.96. The number of amides is 1. The van der Waals surface area contributed by atoms with E-state index in [0.29, 0.717) is 36.3 Å². The molecule has 0 unspecified atom stereocenters. The minimum Gasteiger partial charge on any atom is -0.334 e. The SMILES string of the molecule is Cc1noc(-c2ccnc(-n3cnc(C(=O)N4CCc5ccccc5C4)c3)c2)n1. The van der Waals surface area contributed by atoms with Gasteiger partial charge in [-0.05, 0) is 36.6 Å². The van der Waals surface area contributed by atoms with E-state index in [1.165, 1.54) is 11.1 Å². The van der Waals surface area contributed by atoms with Gasteiger partial charge >= 0.3 is 0 Å². The van der Waals surface area contributed by atoms with Crippen LogP contribution in [0.4, 0.5) is 0 Å². The second-order valence-electron chi connectivity index (χ2n) is 6.96. The summed E-state index contributed by atoms with van der Waals surface area (Å²) >= 11 is 0. The summed E-state index contributed by atoms with van der Waals surface area (Å²) < 4.78 is 6.94. The van der Waals surface area contributed by atoms with E-state index in [-0.39, 0.29) is 5.91 Å². The fourth-order valence-electron chi connectivity index (χ4n) is 3.50. The Bertz CT molecular complexity index is 1200. The molecule has 1 aliphatic rings. The van der Waals surface area contributed by atoms with E-state index in [4.69, 9.17) is 4.52 Å². The van der Waals surface area contributed by atoms with Crippen molar-refractivity contribution in [3.05, 3.63) is 77.8 Å². The van der Waals surface area contributed by atoms with Crippen LogP contribution in [-0.4, -0.2) is 42.0 Å². The molecular formula is C21H18N6O2. The van der Waals surface area contributed by atoms with E-state index in [0.717, 1.165) is 12.0 Å². The van der Waals surface area contributed by atoms with Gasteiger partial charge in [0.1, 0.15) is 17.8 Å². The Balaban J connectivity index is 1.38. The predicted octanol–water partition coefficient (Wildman–Crippen LogP) is 2.82. The molecule has 4 aromatic rings. The van der Waals surface area contributed by atoms with Gasteiger partial charge in [-0.3, -0.25) is 9.36 Å². The maximum Gasteiger partial charge on any atom is 0.274 e. The Morgan fingerprint density at radius 2 is 2.00 bits per heavy atom. The maximum absolute atomic E-state index is 12.9. The van der Waals surface area contributed by atoms with Crippen LogP contribution in [0.5, 0.6) is 0 Å². The highest BCUT2D eigenvalue weighted by molar-refractivity contribution is 5.92. The third kappa shape index (κ3) is 3.29. The highest BCUT2D eigenvalue weighted by atomic mass is 16.5. The largest absolute Gasteiger partial charge is 0.334 e. The minimum atomic E-state index is -0.0815. The molecule has 0 fully saturated rings. The zero-order chi connectivity index (χ0) is 19.8. The number of aromatic nitrogens is 5. The molecule has 4 heterocycles. The van der Waals surface area contributed by atoms with Crippen LogP contribution in [0.3, 0.4) is 0 Å². The molecule has 144 valence electrons. The number of hydrogen-bond donors (Lipinski definition) is 0. The Morgan fingerprint density at radius 1 is 1.14 bits per heavy atom. The van der Waals surface area contributed by atoms with Crippen LogP contribution in [0.1, 0.15) is 27.4 Å². The van der Waals surface area contributed by atoms with Gasteiger partial charge in [-0.2, -0.15) is 4.98 Å². The third-order valence-electron chi connectivity index (χ3n) is 5.00. The van der Waals surface area contributed by atoms with Crippen molar-refractivity contribution in [3.63, 3.8) is 0 Å². The lowest BCUT2D eigenvalue weighted by atomic mass is 10.00. The van der Waals surface area contributed by atoms with E-state index in [1.807, 2.05) is 23.1 Å². The average Bonchev–Trinajstić information content (AvgIpc) is 3.42. The first-order chi connectivity index (χ1) is 14.2. The molecule has 0 atom stereocenters. The molecule has 3 aromatic heterocycles. The monoisotopic (exact) mass is 386 g/mol. The zero-order valence-corrected chi connectivity index (χ0v) is 15.8. The first-order valence-electron chi connectivity index (χ1n) is 9.34. The van der Waals surface area contributed by atoms with Crippen molar-refractivity contribution in [2.24, 2.45) is 0 Å². The molecule has 1 aliphatic heterocycles. The molecule has 0 N–H and O–H groups in total. The Morgan fingerprint density at radius 3 is 2.83 bits per heavy atom. The molecular weight excluding hydrogens is 368 g/mol. The highest BCUT2D eigenvalue weighted by Crippen LogP contribution is 2.21. The fourth-order valence-corrected chi connectivity index (χ4v) is 3.50. The summed E-state index contributed by atoms with van der Waals surface area (Å²) in [6, 6.07) is 11.8. The molecule has 0 radical (unpaired) electrons. The molecule has 0 bridgehead atoms. The molecule has 0 spiro atoms. The van der Waals surface area contributed by atoms with Gasteiger partial charge in [0, 0.05) is 31.0 Å². The summed E-state index contributed by atoms with van der Waals surface area (Å²) in [5.74, 6) is 1.53. The average molecular weight is 386 g/mol. The smallest absolute Gasteiger partial charge is 0.274 e. The molecule has 29 heavy (non-hydrogen) atoms. The van der Waals surface area contributed by atoms with Crippen molar-refractivity contribution in [1.82, 2.24) is 29.6 Å². The first-order valence-corrected chi connectivity index (χ1v) is 9.34. The highest BCUT2D eigenvalue weighted by Gasteiger charge is 2.23. The van der Waals surface area contributed by atoms with Gasteiger partial charge in [0.2, 0.25) is 0 Å². The number of carbonyl (C=O) groups excluding carboxylic acids is 1. The van der Waals surface area contributed by atoms with E-state index in [2.05, 4.69) is 32.2 Å². The summed E-state index contributed by atoms with van der Waals surface area (Å²) in [5.41, 5.74) is 3.64. The molecule has 0 aliphatic carbocycles.